The van der Waals surface area contributed by atoms with E-state index in [1.807, 2.05) is 44.2 Å². The van der Waals surface area contributed by atoms with Crippen molar-refractivity contribution in [3.05, 3.63) is 53.9 Å². The maximum absolute atomic E-state index is 12.6. The van der Waals surface area contributed by atoms with E-state index in [9.17, 15) is 4.79 Å². The standard InChI is InChI=1S/C15H17N3O/c1-3-18(13-7-5-4-6-8-13)15(19)14-9-12(16)10-17-11(14)2/h4-10H,3,16H2,1-2H3. The Morgan fingerprint density at radius 3 is 2.63 bits per heavy atom. The fraction of sp³-hybridized carbons (Fsp3) is 0.200. The molecule has 0 aliphatic rings. The van der Waals surface area contributed by atoms with Crippen molar-refractivity contribution in [2.75, 3.05) is 17.2 Å². The minimum absolute atomic E-state index is 0.0778. The summed E-state index contributed by atoms with van der Waals surface area (Å²) in [5.41, 5.74) is 8.32. The van der Waals surface area contributed by atoms with Crippen molar-refractivity contribution in [1.29, 1.82) is 0 Å². The third-order valence-corrected chi connectivity index (χ3v) is 2.97. The van der Waals surface area contributed by atoms with Crippen molar-refractivity contribution >= 4 is 17.3 Å². The first-order chi connectivity index (χ1) is 9.13. The molecule has 0 fully saturated rings. The van der Waals surface area contributed by atoms with E-state index in [4.69, 9.17) is 5.73 Å². The minimum atomic E-state index is -0.0778. The van der Waals surface area contributed by atoms with Crippen LogP contribution in [0.15, 0.2) is 42.6 Å². The van der Waals surface area contributed by atoms with Crippen LogP contribution in [-0.2, 0) is 0 Å². The number of anilines is 2. The highest BCUT2D eigenvalue weighted by atomic mass is 16.2. The molecule has 0 spiro atoms. The van der Waals surface area contributed by atoms with E-state index in [1.165, 1.54) is 0 Å². The third kappa shape index (κ3) is 2.73. The van der Waals surface area contributed by atoms with Gasteiger partial charge in [-0.25, -0.2) is 0 Å². The van der Waals surface area contributed by atoms with Gasteiger partial charge in [-0.3, -0.25) is 9.78 Å². The van der Waals surface area contributed by atoms with Gasteiger partial charge in [-0.15, -0.1) is 0 Å². The van der Waals surface area contributed by atoms with Gasteiger partial charge in [0.1, 0.15) is 0 Å². The van der Waals surface area contributed by atoms with Crippen LogP contribution in [-0.4, -0.2) is 17.4 Å². The number of nitrogens with two attached hydrogens (primary N) is 1. The van der Waals surface area contributed by atoms with Crippen molar-refractivity contribution in [2.24, 2.45) is 0 Å². The molecule has 0 radical (unpaired) electrons. The Morgan fingerprint density at radius 2 is 2.00 bits per heavy atom. The lowest BCUT2D eigenvalue weighted by Crippen LogP contribution is -2.31. The van der Waals surface area contributed by atoms with Crippen molar-refractivity contribution in [3.63, 3.8) is 0 Å². The van der Waals surface area contributed by atoms with E-state index in [0.717, 1.165) is 5.69 Å². The summed E-state index contributed by atoms with van der Waals surface area (Å²) in [6.45, 7) is 4.35. The second kappa shape index (κ2) is 5.52. The topological polar surface area (TPSA) is 59.2 Å². The number of carbonyl (C=O) groups excluding carboxylic acids is 1. The molecular weight excluding hydrogens is 238 g/mol. The van der Waals surface area contributed by atoms with E-state index in [0.29, 0.717) is 23.5 Å². The molecule has 4 nitrogen and oxygen atoms in total. The number of rotatable bonds is 3. The molecule has 4 heteroatoms. The van der Waals surface area contributed by atoms with Crippen LogP contribution in [0.4, 0.5) is 11.4 Å². The Labute approximate surface area is 112 Å². The quantitative estimate of drug-likeness (QED) is 0.917. The Morgan fingerprint density at radius 1 is 1.32 bits per heavy atom. The SMILES string of the molecule is CCN(C(=O)c1cc(N)cnc1C)c1ccccc1. The summed E-state index contributed by atoms with van der Waals surface area (Å²) in [6.07, 6.45) is 1.56. The van der Waals surface area contributed by atoms with Crippen molar-refractivity contribution in [2.45, 2.75) is 13.8 Å². The summed E-state index contributed by atoms with van der Waals surface area (Å²) >= 11 is 0. The number of para-hydroxylation sites is 1. The number of aryl methyl sites for hydroxylation is 1. The molecule has 19 heavy (non-hydrogen) atoms. The number of amides is 1. The van der Waals surface area contributed by atoms with Gasteiger partial charge in [0.25, 0.3) is 5.91 Å². The normalized spacial score (nSPS) is 10.2. The average Bonchev–Trinajstić information content (AvgIpc) is 2.43. The number of hydrogen-bond donors (Lipinski definition) is 1. The minimum Gasteiger partial charge on any atom is -0.397 e. The first kappa shape index (κ1) is 13.1. The van der Waals surface area contributed by atoms with Gasteiger partial charge < -0.3 is 10.6 Å². The maximum atomic E-state index is 12.6. The number of pyridine rings is 1. The Bertz CT molecular complexity index is 581. The molecule has 2 aromatic rings. The van der Waals surface area contributed by atoms with E-state index >= 15 is 0 Å². The van der Waals surface area contributed by atoms with Crippen LogP contribution in [0.5, 0.6) is 0 Å². The number of hydrogen-bond acceptors (Lipinski definition) is 3. The van der Waals surface area contributed by atoms with Crippen LogP contribution < -0.4 is 10.6 Å². The highest BCUT2D eigenvalue weighted by Gasteiger charge is 2.18. The number of benzene rings is 1. The molecule has 0 saturated heterocycles. The summed E-state index contributed by atoms with van der Waals surface area (Å²) < 4.78 is 0. The monoisotopic (exact) mass is 255 g/mol. The van der Waals surface area contributed by atoms with Crippen LogP contribution in [0.2, 0.25) is 0 Å². The molecule has 0 bridgehead atoms. The van der Waals surface area contributed by atoms with E-state index < -0.39 is 0 Å². The molecule has 1 aromatic carbocycles. The van der Waals surface area contributed by atoms with Crippen LogP contribution in [0.25, 0.3) is 0 Å². The first-order valence-corrected chi connectivity index (χ1v) is 6.22. The smallest absolute Gasteiger partial charge is 0.260 e. The van der Waals surface area contributed by atoms with Gasteiger partial charge in [0.05, 0.1) is 23.1 Å². The zero-order valence-electron chi connectivity index (χ0n) is 11.1. The van der Waals surface area contributed by atoms with E-state index in [2.05, 4.69) is 4.98 Å². The van der Waals surface area contributed by atoms with Crippen molar-refractivity contribution in [3.8, 4) is 0 Å². The fourth-order valence-corrected chi connectivity index (χ4v) is 1.96. The Balaban J connectivity index is 2.39. The Hall–Kier alpha value is -2.36. The van der Waals surface area contributed by atoms with Crippen LogP contribution in [0, 0.1) is 6.92 Å². The predicted molar refractivity (Wildman–Crippen MR) is 77.2 cm³/mol. The molecule has 98 valence electrons. The molecule has 1 amide bonds. The van der Waals surface area contributed by atoms with Gasteiger partial charge in [-0.1, -0.05) is 18.2 Å². The van der Waals surface area contributed by atoms with Gasteiger partial charge in [0.2, 0.25) is 0 Å². The lowest BCUT2D eigenvalue weighted by atomic mass is 10.1. The predicted octanol–water partition coefficient (Wildman–Crippen LogP) is 2.64. The number of aromatic nitrogens is 1. The molecule has 1 heterocycles. The second-order valence-corrected chi connectivity index (χ2v) is 4.29. The van der Waals surface area contributed by atoms with Gasteiger partial charge in [-0.05, 0) is 32.0 Å². The molecular formula is C15H17N3O. The lowest BCUT2D eigenvalue weighted by Gasteiger charge is -2.21. The molecule has 0 aliphatic heterocycles. The largest absolute Gasteiger partial charge is 0.397 e. The number of nitrogen functional groups attached to an aromatic ring is 1. The molecule has 0 unspecified atom stereocenters. The summed E-state index contributed by atoms with van der Waals surface area (Å²) in [5, 5.41) is 0. The molecule has 2 N–H and O–H groups in total. The van der Waals surface area contributed by atoms with Gasteiger partial charge >= 0.3 is 0 Å². The van der Waals surface area contributed by atoms with E-state index in [1.54, 1.807) is 17.2 Å². The first-order valence-electron chi connectivity index (χ1n) is 6.22. The average molecular weight is 255 g/mol. The van der Waals surface area contributed by atoms with Crippen LogP contribution in [0.3, 0.4) is 0 Å². The van der Waals surface area contributed by atoms with Gasteiger partial charge in [-0.2, -0.15) is 0 Å². The second-order valence-electron chi connectivity index (χ2n) is 4.29. The van der Waals surface area contributed by atoms with Gasteiger partial charge in [0, 0.05) is 12.2 Å². The van der Waals surface area contributed by atoms with Crippen molar-refractivity contribution in [1.82, 2.24) is 4.98 Å². The lowest BCUT2D eigenvalue weighted by molar-refractivity contribution is 0.0987. The fourth-order valence-electron chi connectivity index (χ4n) is 1.96. The maximum Gasteiger partial charge on any atom is 0.260 e. The van der Waals surface area contributed by atoms with Gasteiger partial charge in [0.15, 0.2) is 0 Å². The summed E-state index contributed by atoms with van der Waals surface area (Å²) in [6, 6.07) is 11.3. The third-order valence-electron chi connectivity index (χ3n) is 2.97. The van der Waals surface area contributed by atoms with Crippen LogP contribution >= 0.6 is 0 Å². The summed E-state index contributed by atoms with van der Waals surface area (Å²) in [4.78, 5) is 18.4. The molecule has 0 atom stereocenters. The zero-order valence-corrected chi connectivity index (χ0v) is 11.1. The zero-order chi connectivity index (χ0) is 13.8. The van der Waals surface area contributed by atoms with Crippen molar-refractivity contribution < 1.29 is 4.79 Å². The molecule has 0 aliphatic carbocycles. The molecule has 2 rings (SSSR count). The number of carbonyl (C=O) groups is 1. The molecule has 0 saturated carbocycles. The number of nitrogens with zero attached hydrogens (tertiary/aromatic N) is 2. The molecule has 1 aromatic heterocycles. The highest BCUT2D eigenvalue weighted by molar-refractivity contribution is 6.07. The van der Waals surface area contributed by atoms with E-state index in [-0.39, 0.29) is 5.91 Å². The summed E-state index contributed by atoms with van der Waals surface area (Å²) in [7, 11) is 0. The Kier molecular flexibility index (Phi) is 3.80. The van der Waals surface area contributed by atoms with Crippen LogP contribution in [0.1, 0.15) is 23.0 Å². The highest BCUT2D eigenvalue weighted by Crippen LogP contribution is 2.19. The summed E-state index contributed by atoms with van der Waals surface area (Å²) in [5.74, 6) is -0.0778.